The Hall–Kier alpha value is -2.95. The van der Waals surface area contributed by atoms with Crippen LogP contribution in [0.1, 0.15) is 17.3 Å². The van der Waals surface area contributed by atoms with Gasteiger partial charge in [-0.15, -0.1) is 0 Å². The number of nitrogens with one attached hydrogen (secondary N) is 2. The Bertz CT molecular complexity index is 685. The summed E-state index contributed by atoms with van der Waals surface area (Å²) in [5.41, 5.74) is 0.0524. The molecule has 28 heavy (non-hydrogen) atoms. The Morgan fingerprint density at radius 2 is 1.82 bits per heavy atom. The number of hydrogen-bond acceptors (Lipinski definition) is 7. The third kappa shape index (κ3) is 7.74. The highest BCUT2D eigenvalue weighted by Crippen LogP contribution is 2.29. The van der Waals surface area contributed by atoms with Gasteiger partial charge in [0.05, 0.1) is 13.7 Å². The van der Waals surface area contributed by atoms with Crippen LogP contribution in [0.3, 0.4) is 0 Å². The second-order valence-electron chi connectivity index (χ2n) is 5.34. The maximum Gasteiger partial charge on any atom is 0.387 e. The van der Waals surface area contributed by atoms with Crippen molar-refractivity contribution in [1.82, 2.24) is 10.6 Å². The number of amides is 2. The summed E-state index contributed by atoms with van der Waals surface area (Å²) >= 11 is 0. The Balaban J connectivity index is 2.54. The number of alkyl halides is 2. The van der Waals surface area contributed by atoms with E-state index < -0.39 is 37.0 Å². The molecule has 0 fully saturated rings. The minimum absolute atomic E-state index is 0.0524. The standard InChI is InChI=1S/C17H22F2N2O7/c1-10(15(23)20-6-7-25-2)27-14(22)9-21-16(24)11-4-5-12(28-17(18)19)13(8-11)26-3/h4-5,8,10,17H,6-7,9H2,1-3H3,(H,20,23)(H,21,24)/t10-/m0/s1. The van der Waals surface area contributed by atoms with E-state index in [2.05, 4.69) is 15.4 Å². The fourth-order valence-electron chi connectivity index (χ4n) is 1.97. The topological polar surface area (TPSA) is 112 Å². The van der Waals surface area contributed by atoms with Crippen LogP contribution < -0.4 is 20.1 Å². The number of carbonyl (C=O) groups excluding carboxylic acids is 3. The summed E-state index contributed by atoms with van der Waals surface area (Å²) in [5, 5.41) is 4.80. The van der Waals surface area contributed by atoms with Gasteiger partial charge >= 0.3 is 12.6 Å². The molecule has 1 aromatic carbocycles. The lowest BCUT2D eigenvalue weighted by molar-refractivity contribution is -0.153. The van der Waals surface area contributed by atoms with Crippen LogP contribution in [-0.4, -0.2) is 64.4 Å². The Labute approximate surface area is 160 Å². The first-order chi connectivity index (χ1) is 13.3. The van der Waals surface area contributed by atoms with Gasteiger partial charge in [-0.05, 0) is 25.1 Å². The fraction of sp³-hybridized carbons (Fsp3) is 0.471. The quantitative estimate of drug-likeness (QED) is 0.413. The zero-order chi connectivity index (χ0) is 21.1. The minimum Gasteiger partial charge on any atom is -0.493 e. The van der Waals surface area contributed by atoms with E-state index in [1.165, 1.54) is 33.3 Å². The molecule has 2 N–H and O–H groups in total. The number of esters is 1. The molecule has 1 aromatic rings. The molecule has 0 spiro atoms. The molecule has 2 amide bonds. The molecule has 0 aliphatic heterocycles. The summed E-state index contributed by atoms with van der Waals surface area (Å²) < 4.78 is 43.5. The Morgan fingerprint density at radius 3 is 2.43 bits per heavy atom. The smallest absolute Gasteiger partial charge is 0.387 e. The molecule has 0 saturated heterocycles. The molecule has 0 radical (unpaired) electrons. The number of ether oxygens (including phenoxy) is 4. The highest BCUT2D eigenvalue weighted by Gasteiger charge is 2.19. The summed E-state index contributed by atoms with van der Waals surface area (Å²) in [6.07, 6.45) is -1.05. The molecule has 0 heterocycles. The van der Waals surface area contributed by atoms with Crippen LogP contribution in [-0.2, 0) is 19.1 Å². The molecule has 0 aliphatic rings. The van der Waals surface area contributed by atoms with Gasteiger partial charge in [0.25, 0.3) is 11.8 Å². The predicted octanol–water partition coefficient (Wildman–Crippen LogP) is 0.721. The van der Waals surface area contributed by atoms with E-state index in [1.54, 1.807) is 0 Å². The van der Waals surface area contributed by atoms with Crippen molar-refractivity contribution in [3.05, 3.63) is 23.8 Å². The summed E-state index contributed by atoms with van der Waals surface area (Å²) in [5.74, 6) is -2.31. The lowest BCUT2D eigenvalue weighted by Gasteiger charge is -2.14. The zero-order valence-corrected chi connectivity index (χ0v) is 15.6. The molecule has 0 unspecified atom stereocenters. The van der Waals surface area contributed by atoms with Crippen LogP contribution in [0, 0.1) is 0 Å². The fourth-order valence-corrected chi connectivity index (χ4v) is 1.97. The maximum atomic E-state index is 12.3. The highest BCUT2D eigenvalue weighted by molar-refractivity contribution is 5.96. The van der Waals surface area contributed by atoms with Crippen LogP contribution in [0.5, 0.6) is 11.5 Å². The van der Waals surface area contributed by atoms with Crippen LogP contribution in [0.25, 0.3) is 0 Å². The molecular weight excluding hydrogens is 382 g/mol. The van der Waals surface area contributed by atoms with E-state index in [9.17, 15) is 23.2 Å². The van der Waals surface area contributed by atoms with Crippen molar-refractivity contribution >= 4 is 17.8 Å². The van der Waals surface area contributed by atoms with Crippen LogP contribution in [0.4, 0.5) is 8.78 Å². The molecule has 1 atom stereocenters. The lowest BCUT2D eigenvalue weighted by Crippen LogP contribution is -2.39. The summed E-state index contributed by atoms with van der Waals surface area (Å²) in [6.45, 7) is -1.58. The largest absolute Gasteiger partial charge is 0.493 e. The van der Waals surface area contributed by atoms with Crippen molar-refractivity contribution in [2.75, 3.05) is 33.9 Å². The molecule has 0 aromatic heterocycles. The van der Waals surface area contributed by atoms with E-state index >= 15 is 0 Å². The van der Waals surface area contributed by atoms with E-state index in [1.807, 2.05) is 0 Å². The van der Waals surface area contributed by atoms with E-state index in [0.717, 1.165) is 6.07 Å². The highest BCUT2D eigenvalue weighted by atomic mass is 19.3. The SMILES string of the molecule is COCCNC(=O)[C@H](C)OC(=O)CNC(=O)c1ccc(OC(F)F)c(OC)c1. The average Bonchev–Trinajstić information content (AvgIpc) is 2.65. The predicted molar refractivity (Wildman–Crippen MR) is 92.4 cm³/mol. The Morgan fingerprint density at radius 1 is 1.11 bits per heavy atom. The molecule has 11 heteroatoms. The third-order valence-electron chi connectivity index (χ3n) is 3.32. The van der Waals surface area contributed by atoms with E-state index in [-0.39, 0.29) is 23.6 Å². The van der Waals surface area contributed by atoms with Crippen molar-refractivity contribution in [2.24, 2.45) is 0 Å². The molecule has 1 rings (SSSR count). The van der Waals surface area contributed by atoms with Gasteiger partial charge in [-0.1, -0.05) is 0 Å². The first kappa shape index (κ1) is 23.1. The molecule has 0 aliphatic carbocycles. The maximum absolute atomic E-state index is 12.3. The normalized spacial score (nSPS) is 11.5. The van der Waals surface area contributed by atoms with Gasteiger partial charge in [0, 0.05) is 19.2 Å². The van der Waals surface area contributed by atoms with Crippen molar-refractivity contribution < 1.29 is 42.1 Å². The number of rotatable bonds is 11. The molecule has 0 saturated carbocycles. The van der Waals surface area contributed by atoms with E-state index in [0.29, 0.717) is 6.61 Å². The van der Waals surface area contributed by atoms with Crippen LogP contribution in [0.2, 0.25) is 0 Å². The number of methoxy groups -OCH3 is 2. The number of halogens is 2. The Kier molecular flexibility index (Phi) is 9.65. The number of carbonyl (C=O) groups is 3. The number of hydrogen-bond donors (Lipinski definition) is 2. The van der Waals surface area contributed by atoms with Crippen molar-refractivity contribution in [1.29, 1.82) is 0 Å². The molecule has 0 bridgehead atoms. The first-order valence-electron chi connectivity index (χ1n) is 8.15. The molecular formula is C17H22F2N2O7. The van der Waals surface area contributed by atoms with Crippen LogP contribution >= 0.6 is 0 Å². The van der Waals surface area contributed by atoms with Gasteiger partial charge in [-0.3, -0.25) is 14.4 Å². The monoisotopic (exact) mass is 404 g/mol. The first-order valence-corrected chi connectivity index (χ1v) is 8.15. The lowest BCUT2D eigenvalue weighted by atomic mass is 10.2. The van der Waals surface area contributed by atoms with Crippen molar-refractivity contribution in [2.45, 2.75) is 19.6 Å². The van der Waals surface area contributed by atoms with E-state index in [4.69, 9.17) is 14.2 Å². The molecule has 9 nitrogen and oxygen atoms in total. The van der Waals surface area contributed by atoms with Gasteiger partial charge in [0.1, 0.15) is 6.54 Å². The minimum atomic E-state index is -3.04. The third-order valence-corrected chi connectivity index (χ3v) is 3.32. The molecule has 156 valence electrons. The second kappa shape index (κ2) is 11.7. The zero-order valence-electron chi connectivity index (χ0n) is 15.6. The van der Waals surface area contributed by atoms with Gasteiger partial charge in [-0.2, -0.15) is 8.78 Å². The average molecular weight is 404 g/mol. The van der Waals surface area contributed by atoms with Gasteiger partial charge < -0.3 is 29.6 Å². The van der Waals surface area contributed by atoms with Crippen molar-refractivity contribution in [3.8, 4) is 11.5 Å². The number of benzene rings is 1. The van der Waals surface area contributed by atoms with Crippen LogP contribution in [0.15, 0.2) is 18.2 Å². The summed E-state index contributed by atoms with van der Waals surface area (Å²) in [6, 6.07) is 3.56. The van der Waals surface area contributed by atoms with Gasteiger partial charge in [0.15, 0.2) is 17.6 Å². The summed E-state index contributed by atoms with van der Waals surface area (Å²) in [7, 11) is 2.71. The second-order valence-corrected chi connectivity index (χ2v) is 5.34. The van der Waals surface area contributed by atoms with Crippen molar-refractivity contribution in [3.63, 3.8) is 0 Å². The van der Waals surface area contributed by atoms with Gasteiger partial charge in [-0.25, -0.2) is 0 Å². The summed E-state index contributed by atoms with van der Waals surface area (Å²) in [4.78, 5) is 35.5. The van der Waals surface area contributed by atoms with Gasteiger partial charge in [0.2, 0.25) is 0 Å².